The summed E-state index contributed by atoms with van der Waals surface area (Å²) < 4.78 is 7.35. The Hall–Kier alpha value is -2.13. The zero-order valence-electron chi connectivity index (χ0n) is 12.3. The van der Waals surface area contributed by atoms with Gasteiger partial charge < -0.3 is 19.7 Å². The fraction of sp³-hybridized carbons (Fsp3) is 0.583. The number of aromatic nitrogens is 4. The summed E-state index contributed by atoms with van der Waals surface area (Å²) in [5.41, 5.74) is -0.313. The Kier molecular flexibility index (Phi) is 4.43. The van der Waals surface area contributed by atoms with Crippen LogP contribution >= 0.6 is 0 Å². The lowest BCUT2D eigenvalue weighted by atomic mass is 10.5. The normalized spacial score (nSPS) is 11.2. The molecule has 2 aromatic heterocycles. The van der Waals surface area contributed by atoms with E-state index < -0.39 is 11.2 Å². The van der Waals surface area contributed by atoms with Gasteiger partial charge in [0.2, 0.25) is 5.95 Å². The number of methoxy groups -OCH3 is 1. The van der Waals surface area contributed by atoms with E-state index in [0.29, 0.717) is 31.3 Å². The smallest absolute Gasteiger partial charge is 0.332 e. The van der Waals surface area contributed by atoms with Crippen LogP contribution in [-0.4, -0.2) is 57.6 Å². The number of imidazole rings is 1. The van der Waals surface area contributed by atoms with Gasteiger partial charge in [0.05, 0.1) is 13.2 Å². The fourth-order valence-corrected chi connectivity index (χ4v) is 2.11. The van der Waals surface area contributed by atoms with E-state index in [-0.39, 0.29) is 12.1 Å². The van der Waals surface area contributed by atoms with Crippen LogP contribution in [0.3, 0.4) is 0 Å². The summed E-state index contributed by atoms with van der Waals surface area (Å²) >= 11 is 0. The predicted octanol–water partition coefficient (Wildman–Crippen LogP) is -1.59. The minimum atomic E-state index is -0.434. The molecule has 0 saturated heterocycles. The minimum Gasteiger partial charge on any atom is -0.395 e. The van der Waals surface area contributed by atoms with Crippen molar-refractivity contribution in [2.45, 2.75) is 0 Å². The summed E-state index contributed by atoms with van der Waals surface area (Å²) in [7, 11) is 4.55. The molecule has 2 aromatic rings. The number of aliphatic hydroxyl groups excluding tert-OH is 1. The molecule has 2 N–H and O–H groups in total. The second-order valence-corrected chi connectivity index (χ2v) is 4.67. The lowest BCUT2D eigenvalue weighted by Gasteiger charge is -2.19. The maximum Gasteiger partial charge on any atom is 0.332 e. The number of anilines is 1. The SMILES string of the molecule is COCCN(CCO)c1nc2c([nH]1)c(=O)n(C)c(=O)n2C. The van der Waals surface area contributed by atoms with Gasteiger partial charge in [-0.3, -0.25) is 13.9 Å². The topological polar surface area (TPSA) is 105 Å². The molecule has 0 radical (unpaired) electrons. The third-order valence-electron chi connectivity index (χ3n) is 3.32. The highest BCUT2D eigenvalue weighted by atomic mass is 16.5. The summed E-state index contributed by atoms with van der Waals surface area (Å²) in [6.07, 6.45) is 0. The Morgan fingerprint density at radius 1 is 1.29 bits per heavy atom. The molecule has 0 aromatic carbocycles. The number of fused-ring (bicyclic) bond motifs is 1. The summed E-state index contributed by atoms with van der Waals surface area (Å²) in [5.74, 6) is 0.425. The quantitative estimate of drug-likeness (QED) is 0.665. The number of rotatable bonds is 6. The lowest BCUT2D eigenvalue weighted by Crippen LogP contribution is -2.36. The predicted molar refractivity (Wildman–Crippen MR) is 77.8 cm³/mol. The van der Waals surface area contributed by atoms with Gasteiger partial charge in [-0.05, 0) is 0 Å². The molecule has 0 fully saturated rings. The van der Waals surface area contributed by atoms with Crippen molar-refractivity contribution in [2.75, 3.05) is 38.3 Å². The molecule has 2 rings (SSSR count). The van der Waals surface area contributed by atoms with Crippen LogP contribution in [0.2, 0.25) is 0 Å². The number of nitrogens with one attached hydrogen (secondary N) is 1. The molecular formula is C12H19N5O4. The van der Waals surface area contributed by atoms with Crippen LogP contribution in [0.4, 0.5) is 5.95 Å². The number of aryl methyl sites for hydroxylation is 1. The fourth-order valence-electron chi connectivity index (χ4n) is 2.11. The van der Waals surface area contributed by atoms with Crippen molar-refractivity contribution in [1.29, 1.82) is 0 Å². The van der Waals surface area contributed by atoms with Crippen LogP contribution in [0.1, 0.15) is 0 Å². The van der Waals surface area contributed by atoms with Crippen molar-refractivity contribution >= 4 is 17.1 Å². The minimum absolute atomic E-state index is 0.0578. The van der Waals surface area contributed by atoms with Crippen LogP contribution in [0, 0.1) is 0 Å². The molecule has 0 spiro atoms. The maximum absolute atomic E-state index is 12.1. The van der Waals surface area contributed by atoms with E-state index in [1.54, 1.807) is 19.1 Å². The first-order valence-electron chi connectivity index (χ1n) is 6.51. The van der Waals surface area contributed by atoms with Gasteiger partial charge >= 0.3 is 5.69 Å². The van der Waals surface area contributed by atoms with Gasteiger partial charge in [-0.25, -0.2) is 4.79 Å². The van der Waals surface area contributed by atoms with Gasteiger partial charge in [0, 0.05) is 34.3 Å². The molecule has 0 aliphatic heterocycles. The molecule has 0 saturated carbocycles. The molecule has 9 nitrogen and oxygen atoms in total. The van der Waals surface area contributed by atoms with Crippen molar-refractivity contribution < 1.29 is 9.84 Å². The second kappa shape index (κ2) is 6.10. The standard InChI is InChI=1S/C12H19N5O4/c1-15-9-8(10(19)16(2)12(15)20)13-11(14-9)17(4-6-18)5-7-21-3/h18H,4-7H2,1-3H3,(H,13,14). The molecule has 9 heteroatoms. The highest BCUT2D eigenvalue weighted by Gasteiger charge is 2.16. The van der Waals surface area contributed by atoms with Crippen LogP contribution in [0.15, 0.2) is 9.59 Å². The average molecular weight is 297 g/mol. The van der Waals surface area contributed by atoms with E-state index >= 15 is 0 Å². The Balaban J connectivity index is 2.56. The van der Waals surface area contributed by atoms with Crippen molar-refractivity contribution in [1.82, 2.24) is 19.1 Å². The van der Waals surface area contributed by atoms with Crippen molar-refractivity contribution in [3.05, 3.63) is 20.8 Å². The Morgan fingerprint density at radius 2 is 2.00 bits per heavy atom. The number of aliphatic hydroxyl groups is 1. The lowest BCUT2D eigenvalue weighted by molar-refractivity contribution is 0.202. The highest BCUT2D eigenvalue weighted by Crippen LogP contribution is 2.12. The number of ether oxygens (including phenoxy) is 1. The first-order valence-corrected chi connectivity index (χ1v) is 6.51. The van der Waals surface area contributed by atoms with E-state index in [4.69, 9.17) is 9.84 Å². The number of nitrogens with zero attached hydrogens (tertiary/aromatic N) is 4. The Morgan fingerprint density at radius 3 is 2.62 bits per heavy atom. The molecule has 2 heterocycles. The van der Waals surface area contributed by atoms with Crippen molar-refractivity contribution in [2.24, 2.45) is 14.1 Å². The number of H-pyrrole nitrogens is 1. The first kappa shape index (κ1) is 15.3. The molecule has 0 atom stereocenters. The van der Waals surface area contributed by atoms with E-state index in [2.05, 4.69) is 9.97 Å². The van der Waals surface area contributed by atoms with E-state index in [1.807, 2.05) is 0 Å². The highest BCUT2D eigenvalue weighted by molar-refractivity contribution is 5.72. The molecule has 0 aliphatic rings. The van der Waals surface area contributed by atoms with E-state index in [1.165, 1.54) is 11.6 Å². The van der Waals surface area contributed by atoms with Gasteiger partial charge in [0.25, 0.3) is 5.56 Å². The molecule has 116 valence electrons. The molecule has 21 heavy (non-hydrogen) atoms. The van der Waals surface area contributed by atoms with Crippen LogP contribution in [0.25, 0.3) is 11.2 Å². The molecular weight excluding hydrogens is 278 g/mol. The van der Waals surface area contributed by atoms with Crippen LogP contribution < -0.4 is 16.1 Å². The zero-order chi connectivity index (χ0) is 15.6. The molecule has 0 unspecified atom stereocenters. The summed E-state index contributed by atoms with van der Waals surface area (Å²) in [6, 6.07) is 0. The molecule has 0 aliphatic carbocycles. The van der Waals surface area contributed by atoms with Crippen molar-refractivity contribution in [3.63, 3.8) is 0 Å². The van der Waals surface area contributed by atoms with Gasteiger partial charge in [0.15, 0.2) is 11.2 Å². The second-order valence-electron chi connectivity index (χ2n) is 4.67. The third kappa shape index (κ3) is 2.69. The van der Waals surface area contributed by atoms with Crippen LogP contribution in [-0.2, 0) is 18.8 Å². The van der Waals surface area contributed by atoms with Gasteiger partial charge in [-0.1, -0.05) is 0 Å². The largest absolute Gasteiger partial charge is 0.395 e. The summed E-state index contributed by atoms with van der Waals surface area (Å²) in [4.78, 5) is 33.0. The van der Waals surface area contributed by atoms with Gasteiger partial charge in [0.1, 0.15) is 0 Å². The van der Waals surface area contributed by atoms with Gasteiger partial charge in [-0.15, -0.1) is 0 Å². The van der Waals surface area contributed by atoms with Crippen LogP contribution in [0.5, 0.6) is 0 Å². The number of hydrogen-bond acceptors (Lipinski definition) is 6. The summed E-state index contributed by atoms with van der Waals surface area (Å²) in [6.45, 7) is 1.24. The number of hydrogen-bond donors (Lipinski definition) is 2. The molecule has 0 amide bonds. The van der Waals surface area contributed by atoms with E-state index in [0.717, 1.165) is 4.57 Å². The third-order valence-corrected chi connectivity index (χ3v) is 3.32. The molecule has 0 bridgehead atoms. The zero-order valence-corrected chi connectivity index (χ0v) is 12.3. The Labute approximate surface area is 120 Å². The first-order chi connectivity index (χ1) is 10.0. The monoisotopic (exact) mass is 297 g/mol. The average Bonchev–Trinajstić information content (AvgIpc) is 2.92. The maximum atomic E-state index is 12.1. The van der Waals surface area contributed by atoms with Crippen molar-refractivity contribution in [3.8, 4) is 0 Å². The van der Waals surface area contributed by atoms with E-state index in [9.17, 15) is 9.59 Å². The van der Waals surface area contributed by atoms with Gasteiger partial charge in [-0.2, -0.15) is 4.98 Å². The Bertz CT molecular complexity index is 744. The summed E-state index contributed by atoms with van der Waals surface area (Å²) in [5, 5.41) is 9.12. The number of aromatic amines is 1.